The molecule has 1 fully saturated rings. The Balaban J connectivity index is 1.77. The molecule has 0 aromatic carbocycles. The predicted octanol–water partition coefficient (Wildman–Crippen LogP) is 2.47. The van der Waals surface area contributed by atoms with Crippen LogP contribution >= 0.6 is 15.9 Å². The fourth-order valence-electron chi connectivity index (χ4n) is 2.21. The van der Waals surface area contributed by atoms with Crippen LogP contribution in [-0.4, -0.2) is 33.4 Å². The third kappa shape index (κ3) is 2.35. The van der Waals surface area contributed by atoms with Gasteiger partial charge in [0.05, 0.1) is 12.1 Å². The zero-order valence-electron chi connectivity index (χ0n) is 10.1. The van der Waals surface area contributed by atoms with E-state index in [0.717, 1.165) is 29.6 Å². The van der Waals surface area contributed by atoms with Gasteiger partial charge >= 0.3 is 0 Å². The van der Waals surface area contributed by atoms with Crippen molar-refractivity contribution in [2.75, 3.05) is 11.9 Å². The molecule has 5 nitrogen and oxygen atoms in total. The van der Waals surface area contributed by atoms with Crippen LogP contribution in [0.4, 0.5) is 5.95 Å². The fraction of sp³-hybridized carbons (Fsp3) is 0.500. The van der Waals surface area contributed by atoms with Gasteiger partial charge in [-0.15, -0.1) is 5.10 Å². The number of halogens is 1. The third-order valence-electron chi connectivity index (χ3n) is 3.17. The van der Waals surface area contributed by atoms with E-state index in [2.05, 4.69) is 38.3 Å². The number of hydrogen-bond acceptors (Lipinski definition) is 4. The van der Waals surface area contributed by atoms with E-state index >= 15 is 0 Å². The van der Waals surface area contributed by atoms with Gasteiger partial charge in [0.1, 0.15) is 0 Å². The van der Waals surface area contributed by atoms with Crippen LogP contribution in [0, 0.1) is 0 Å². The second-order valence-electron chi connectivity index (χ2n) is 4.57. The molecule has 2 atom stereocenters. The van der Waals surface area contributed by atoms with Gasteiger partial charge in [0.15, 0.2) is 5.65 Å². The summed E-state index contributed by atoms with van der Waals surface area (Å²) in [5, 5.41) is 7.70. The van der Waals surface area contributed by atoms with Crippen molar-refractivity contribution in [2.24, 2.45) is 0 Å². The van der Waals surface area contributed by atoms with Gasteiger partial charge in [-0.25, -0.2) is 4.52 Å². The van der Waals surface area contributed by atoms with Crippen molar-refractivity contribution in [3.05, 3.63) is 22.8 Å². The summed E-state index contributed by atoms with van der Waals surface area (Å²) in [6.07, 6.45) is 4.41. The zero-order valence-corrected chi connectivity index (χ0v) is 11.7. The number of ether oxygens (including phenoxy) is 1. The summed E-state index contributed by atoms with van der Waals surface area (Å²) < 4.78 is 8.39. The lowest BCUT2D eigenvalue weighted by molar-refractivity contribution is 0.0994. The maximum Gasteiger partial charge on any atom is 0.243 e. The lowest BCUT2D eigenvalue weighted by atomic mass is 10.1. The molecule has 2 aromatic rings. The van der Waals surface area contributed by atoms with Gasteiger partial charge in [-0.2, -0.15) is 4.98 Å². The minimum Gasteiger partial charge on any atom is -0.376 e. The smallest absolute Gasteiger partial charge is 0.243 e. The van der Waals surface area contributed by atoms with E-state index in [1.54, 1.807) is 4.52 Å². The standard InChI is InChI=1S/C12H15BrN4O/c1-8(10-3-2-6-18-10)14-12-15-11-5-4-9(13)7-17(11)16-12/h4-5,7-8,10H,2-3,6H2,1H3,(H,14,16). The van der Waals surface area contributed by atoms with E-state index in [-0.39, 0.29) is 12.1 Å². The van der Waals surface area contributed by atoms with E-state index in [0.29, 0.717) is 5.95 Å². The first-order valence-electron chi connectivity index (χ1n) is 6.12. The van der Waals surface area contributed by atoms with Crippen LogP contribution in [-0.2, 0) is 4.74 Å². The second-order valence-corrected chi connectivity index (χ2v) is 5.49. The number of pyridine rings is 1. The Bertz CT molecular complexity index is 550. The first kappa shape index (κ1) is 11.9. The highest BCUT2D eigenvalue weighted by Gasteiger charge is 2.23. The molecule has 1 aliphatic rings. The lowest BCUT2D eigenvalue weighted by Gasteiger charge is -2.18. The van der Waals surface area contributed by atoms with Gasteiger partial charge in [0.25, 0.3) is 0 Å². The zero-order chi connectivity index (χ0) is 12.5. The normalized spacial score (nSPS) is 21.3. The number of rotatable bonds is 3. The molecule has 0 spiro atoms. The van der Waals surface area contributed by atoms with Gasteiger partial charge in [-0.05, 0) is 47.8 Å². The molecule has 0 bridgehead atoms. The van der Waals surface area contributed by atoms with Crippen LogP contribution in [0.2, 0.25) is 0 Å². The summed E-state index contributed by atoms with van der Waals surface area (Å²) in [5.74, 6) is 0.649. The van der Waals surface area contributed by atoms with E-state index in [1.165, 1.54) is 0 Å². The summed E-state index contributed by atoms with van der Waals surface area (Å²) >= 11 is 3.42. The molecule has 1 aliphatic heterocycles. The summed E-state index contributed by atoms with van der Waals surface area (Å²) in [4.78, 5) is 4.43. The molecule has 96 valence electrons. The fourth-order valence-corrected chi connectivity index (χ4v) is 2.54. The molecule has 0 amide bonds. The number of nitrogens with one attached hydrogen (secondary N) is 1. The number of aromatic nitrogens is 3. The molecule has 0 saturated carbocycles. The van der Waals surface area contributed by atoms with Crippen molar-refractivity contribution in [3.63, 3.8) is 0 Å². The molecule has 1 N–H and O–H groups in total. The topological polar surface area (TPSA) is 51.5 Å². The Labute approximate surface area is 114 Å². The number of hydrogen-bond donors (Lipinski definition) is 1. The SMILES string of the molecule is CC(Nc1nc2ccc(Br)cn2n1)C1CCCO1. The number of fused-ring (bicyclic) bond motifs is 1. The maximum atomic E-state index is 5.65. The molecule has 0 radical (unpaired) electrons. The molecule has 1 saturated heterocycles. The average Bonchev–Trinajstić information content (AvgIpc) is 2.95. The molecule has 0 aliphatic carbocycles. The van der Waals surface area contributed by atoms with Crippen molar-refractivity contribution in [1.29, 1.82) is 0 Å². The highest BCUT2D eigenvalue weighted by Crippen LogP contribution is 2.18. The Morgan fingerprint density at radius 1 is 1.56 bits per heavy atom. The van der Waals surface area contributed by atoms with Gasteiger partial charge in [0.2, 0.25) is 5.95 Å². The molecule has 2 unspecified atom stereocenters. The molecule has 18 heavy (non-hydrogen) atoms. The Morgan fingerprint density at radius 2 is 2.44 bits per heavy atom. The van der Waals surface area contributed by atoms with Crippen LogP contribution in [0.1, 0.15) is 19.8 Å². The summed E-state index contributed by atoms with van der Waals surface area (Å²) in [6.45, 7) is 2.97. The molecule has 2 aromatic heterocycles. The third-order valence-corrected chi connectivity index (χ3v) is 3.64. The first-order chi connectivity index (χ1) is 8.72. The van der Waals surface area contributed by atoms with E-state index in [1.807, 2.05) is 18.3 Å². The first-order valence-corrected chi connectivity index (χ1v) is 6.92. The maximum absolute atomic E-state index is 5.65. The molecule has 3 rings (SSSR count). The Kier molecular flexibility index (Phi) is 3.22. The van der Waals surface area contributed by atoms with Crippen molar-refractivity contribution < 1.29 is 4.74 Å². The Morgan fingerprint density at radius 3 is 3.22 bits per heavy atom. The van der Waals surface area contributed by atoms with Crippen molar-refractivity contribution in [1.82, 2.24) is 14.6 Å². The Hall–Kier alpha value is -1.14. The van der Waals surface area contributed by atoms with E-state index in [9.17, 15) is 0 Å². The highest BCUT2D eigenvalue weighted by molar-refractivity contribution is 9.10. The van der Waals surface area contributed by atoms with Crippen LogP contribution < -0.4 is 5.32 Å². The largest absolute Gasteiger partial charge is 0.376 e. The van der Waals surface area contributed by atoms with Gasteiger partial charge in [-0.3, -0.25) is 0 Å². The predicted molar refractivity (Wildman–Crippen MR) is 72.7 cm³/mol. The van der Waals surface area contributed by atoms with E-state index < -0.39 is 0 Å². The van der Waals surface area contributed by atoms with E-state index in [4.69, 9.17) is 4.74 Å². The summed E-state index contributed by atoms with van der Waals surface area (Å²) in [7, 11) is 0. The molecular weight excluding hydrogens is 296 g/mol. The molecule has 3 heterocycles. The van der Waals surface area contributed by atoms with Crippen LogP contribution in [0.5, 0.6) is 0 Å². The van der Waals surface area contributed by atoms with Crippen LogP contribution in [0.25, 0.3) is 5.65 Å². The van der Waals surface area contributed by atoms with Gasteiger partial charge < -0.3 is 10.1 Å². The second kappa shape index (κ2) is 4.85. The molecular formula is C12H15BrN4O. The minimum absolute atomic E-state index is 0.230. The summed E-state index contributed by atoms with van der Waals surface area (Å²) in [6, 6.07) is 4.12. The van der Waals surface area contributed by atoms with Crippen molar-refractivity contribution >= 4 is 27.5 Å². The van der Waals surface area contributed by atoms with Crippen molar-refractivity contribution in [3.8, 4) is 0 Å². The number of anilines is 1. The lowest BCUT2D eigenvalue weighted by Crippen LogP contribution is -2.30. The van der Waals surface area contributed by atoms with Gasteiger partial charge in [0, 0.05) is 17.3 Å². The monoisotopic (exact) mass is 310 g/mol. The average molecular weight is 311 g/mol. The van der Waals surface area contributed by atoms with Crippen LogP contribution in [0.15, 0.2) is 22.8 Å². The van der Waals surface area contributed by atoms with Crippen LogP contribution in [0.3, 0.4) is 0 Å². The molecule has 6 heteroatoms. The summed E-state index contributed by atoms with van der Waals surface area (Å²) in [5.41, 5.74) is 0.834. The highest BCUT2D eigenvalue weighted by atomic mass is 79.9. The van der Waals surface area contributed by atoms with Gasteiger partial charge in [-0.1, -0.05) is 0 Å². The van der Waals surface area contributed by atoms with Crippen molar-refractivity contribution in [2.45, 2.75) is 31.9 Å². The number of nitrogens with zero attached hydrogens (tertiary/aromatic N) is 3. The quantitative estimate of drug-likeness (QED) is 0.946. The minimum atomic E-state index is 0.230.